The van der Waals surface area contributed by atoms with Crippen LogP contribution < -0.4 is 4.72 Å². The number of aryl methyl sites for hydroxylation is 1. The van der Waals surface area contributed by atoms with Crippen LogP contribution in [0, 0.1) is 18.2 Å². The van der Waals surface area contributed by atoms with Crippen molar-refractivity contribution in [1.82, 2.24) is 14.5 Å². The largest absolute Gasteiger partial charge is 0.434 e. The van der Waals surface area contributed by atoms with Gasteiger partial charge in [-0.2, -0.15) is 26.3 Å². The van der Waals surface area contributed by atoms with Crippen LogP contribution >= 0.6 is 0 Å². The zero-order valence-electron chi connectivity index (χ0n) is 20.7. The Morgan fingerprint density at radius 3 is 2.08 bits per heavy atom. The van der Waals surface area contributed by atoms with Gasteiger partial charge < -0.3 is 14.4 Å². The normalized spacial score (nSPS) is 19.1. The van der Waals surface area contributed by atoms with Gasteiger partial charge in [0.15, 0.2) is 0 Å². The minimum atomic E-state index is -5.85. The number of sulfonamides is 1. The number of benzene rings is 1. The first kappa shape index (κ1) is 30.9. The molecule has 1 aliphatic carbocycles. The Labute approximate surface area is 219 Å². The molecule has 1 N–H and O–H groups in total. The van der Waals surface area contributed by atoms with E-state index in [0.29, 0.717) is 28.9 Å². The predicted octanol–water partition coefficient (Wildman–Crippen LogP) is 3.25. The Morgan fingerprint density at radius 2 is 1.62 bits per heavy atom. The van der Waals surface area contributed by atoms with Crippen LogP contribution in [0.1, 0.15) is 30.2 Å². The molecule has 0 radical (unpaired) electrons. The summed E-state index contributed by atoms with van der Waals surface area (Å²) < 4.78 is 125. The summed E-state index contributed by atoms with van der Waals surface area (Å²) in [6, 6.07) is 4.18. The molecule has 0 aromatic heterocycles. The molecule has 0 bridgehead atoms. The molecule has 1 aromatic rings. The zero-order chi connectivity index (χ0) is 29.4. The highest BCUT2D eigenvalue weighted by molar-refractivity contribution is 7.89. The van der Waals surface area contributed by atoms with E-state index in [-0.39, 0.29) is 32.8 Å². The summed E-state index contributed by atoms with van der Waals surface area (Å²) in [4.78, 5) is 26.8. The molecule has 1 unspecified atom stereocenters. The number of alkyl halides is 6. The molecule has 1 atom stereocenters. The SMILES string of the molecule is Cc1ccc(C(OCC2(C(=O)NS(C)(=O)=O)CC2)N2CCN(C(=O)OC(C(F)(F)F)C(F)(F)F)CC2)cc1F. The van der Waals surface area contributed by atoms with E-state index in [1.807, 2.05) is 4.72 Å². The van der Waals surface area contributed by atoms with Gasteiger partial charge in [-0.3, -0.25) is 14.4 Å². The van der Waals surface area contributed by atoms with Crippen molar-refractivity contribution < 1.29 is 58.2 Å². The fraction of sp³-hybridized carbons (Fsp3) is 0.636. The van der Waals surface area contributed by atoms with Gasteiger partial charge in [-0.25, -0.2) is 17.6 Å². The third kappa shape index (κ3) is 7.94. The first-order valence-corrected chi connectivity index (χ1v) is 13.4. The quantitative estimate of drug-likeness (QED) is 0.462. The molecule has 17 heteroatoms. The number of carbonyl (C=O) groups excluding carboxylic acids is 2. The molecule has 220 valence electrons. The smallest absolute Gasteiger partial charge is 0.426 e. The number of rotatable bonds is 8. The van der Waals surface area contributed by atoms with Gasteiger partial charge in [0.05, 0.1) is 18.3 Å². The van der Waals surface area contributed by atoms with Crippen LogP contribution in [-0.2, 0) is 24.3 Å². The molecule has 1 saturated carbocycles. The molecule has 1 saturated heterocycles. The predicted molar refractivity (Wildman–Crippen MR) is 120 cm³/mol. The summed E-state index contributed by atoms with van der Waals surface area (Å²) in [6.45, 7) is 0.365. The third-order valence-corrected chi connectivity index (χ3v) is 6.89. The summed E-state index contributed by atoms with van der Waals surface area (Å²) in [7, 11) is -3.83. The van der Waals surface area contributed by atoms with Gasteiger partial charge in [-0.15, -0.1) is 0 Å². The average Bonchev–Trinajstić information content (AvgIpc) is 3.59. The van der Waals surface area contributed by atoms with Gasteiger partial charge in [0.1, 0.15) is 12.0 Å². The Bertz CT molecular complexity index is 1170. The van der Waals surface area contributed by atoms with Crippen molar-refractivity contribution in [2.75, 3.05) is 39.0 Å². The van der Waals surface area contributed by atoms with Crippen molar-refractivity contribution in [3.8, 4) is 0 Å². The van der Waals surface area contributed by atoms with Crippen molar-refractivity contribution in [1.29, 1.82) is 0 Å². The number of hydrogen-bond donors (Lipinski definition) is 1. The van der Waals surface area contributed by atoms with Crippen LogP contribution in [0.3, 0.4) is 0 Å². The van der Waals surface area contributed by atoms with Crippen LogP contribution in [0.2, 0.25) is 0 Å². The van der Waals surface area contributed by atoms with Crippen LogP contribution in [0.4, 0.5) is 35.5 Å². The number of piperazine rings is 1. The molecular weight excluding hydrogens is 567 g/mol. The van der Waals surface area contributed by atoms with E-state index in [9.17, 15) is 48.7 Å². The van der Waals surface area contributed by atoms with Crippen molar-refractivity contribution in [2.45, 2.75) is 44.4 Å². The van der Waals surface area contributed by atoms with Gasteiger partial charge >= 0.3 is 18.4 Å². The minimum absolute atomic E-state index is 0.111. The second-order valence-corrected chi connectivity index (χ2v) is 11.3. The number of halogens is 7. The van der Waals surface area contributed by atoms with E-state index in [0.717, 1.165) is 6.26 Å². The van der Waals surface area contributed by atoms with Gasteiger partial charge in [-0.05, 0) is 37.0 Å². The van der Waals surface area contributed by atoms with E-state index in [4.69, 9.17) is 4.74 Å². The number of nitrogens with zero attached hydrogens (tertiary/aromatic N) is 2. The maximum Gasteiger partial charge on any atom is 0.434 e. The van der Waals surface area contributed by atoms with Gasteiger partial charge in [0.2, 0.25) is 15.9 Å². The maximum atomic E-state index is 14.3. The molecule has 2 aliphatic rings. The molecule has 1 aromatic carbocycles. The number of carbonyl (C=O) groups is 2. The maximum absolute atomic E-state index is 14.3. The van der Waals surface area contributed by atoms with Crippen LogP contribution in [0.25, 0.3) is 0 Å². The van der Waals surface area contributed by atoms with E-state index >= 15 is 0 Å². The molecule has 3 rings (SSSR count). The third-order valence-electron chi connectivity index (χ3n) is 6.33. The van der Waals surface area contributed by atoms with Crippen LogP contribution in [0.15, 0.2) is 18.2 Å². The highest BCUT2D eigenvalue weighted by atomic mass is 32.2. The van der Waals surface area contributed by atoms with E-state index in [2.05, 4.69) is 4.74 Å². The van der Waals surface area contributed by atoms with E-state index in [1.54, 1.807) is 4.90 Å². The number of ether oxygens (including phenoxy) is 2. The monoisotopic (exact) mass is 593 g/mol. The molecule has 0 spiro atoms. The fourth-order valence-electron chi connectivity index (χ4n) is 3.91. The fourth-order valence-corrected chi connectivity index (χ4v) is 4.46. The lowest BCUT2D eigenvalue weighted by molar-refractivity contribution is -0.308. The lowest BCUT2D eigenvalue weighted by Crippen LogP contribution is -2.53. The first-order chi connectivity index (χ1) is 17.8. The number of hydrogen-bond acceptors (Lipinski definition) is 7. The van der Waals surface area contributed by atoms with E-state index < -0.39 is 57.9 Å². The Kier molecular flexibility index (Phi) is 8.77. The van der Waals surface area contributed by atoms with Crippen LogP contribution in [0.5, 0.6) is 0 Å². The molecule has 9 nitrogen and oxygen atoms in total. The van der Waals surface area contributed by atoms with Gasteiger partial charge in [0.25, 0.3) is 6.10 Å². The van der Waals surface area contributed by atoms with Crippen molar-refractivity contribution in [2.24, 2.45) is 5.41 Å². The topological polar surface area (TPSA) is 105 Å². The molecule has 2 fully saturated rings. The lowest BCUT2D eigenvalue weighted by Gasteiger charge is -2.39. The molecule has 39 heavy (non-hydrogen) atoms. The Hall–Kier alpha value is -2.66. The summed E-state index contributed by atoms with van der Waals surface area (Å²) in [5.74, 6) is -1.35. The zero-order valence-corrected chi connectivity index (χ0v) is 21.6. The summed E-state index contributed by atoms with van der Waals surface area (Å²) in [6.07, 6.45) is -17.4. The molecule has 1 aliphatic heterocycles. The number of amides is 2. The highest BCUT2D eigenvalue weighted by Gasteiger charge is 2.60. The minimum Gasteiger partial charge on any atom is -0.426 e. The lowest BCUT2D eigenvalue weighted by atomic mass is 10.1. The second kappa shape index (κ2) is 11.1. The summed E-state index contributed by atoms with van der Waals surface area (Å²) in [5, 5.41) is 0. The van der Waals surface area contributed by atoms with Crippen molar-refractivity contribution in [3.63, 3.8) is 0 Å². The average molecular weight is 594 g/mol. The van der Waals surface area contributed by atoms with Crippen molar-refractivity contribution in [3.05, 3.63) is 35.1 Å². The Balaban J connectivity index is 1.72. The van der Waals surface area contributed by atoms with E-state index in [1.165, 1.54) is 25.1 Å². The van der Waals surface area contributed by atoms with Crippen molar-refractivity contribution >= 4 is 22.0 Å². The molecular formula is C22H26F7N3O6S. The van der Waals surface area contributed by atoms with Gasteiger partial charge in [-0.1, -0.05) is 12.1 Å². The number of nitrogens with one attached hydrogen (secondary N) is 1. The molecule has 1 heterocycles. The molecule has 2 amide bonds. The second-order valence-electron chi connectivity index (χ2n) is 9.53. The highest BCUT2D eigenvalue weighted by Crippen LogP contribution is 2.47. The standard InChI is InChI=1S/C22H26F7N3O6S/c1-13-3-4-14(11-15(13)23)16(37-12-20(5-6-20)18(33)30-39(2,35)36)31-7-9-32(10-8-31)19(34)38-17(21(24,25)26)22(27,28)29/h3-4,11,16-17H,5-10,12H2,1-2H3,(H,30,33). The summed E-state index contributed by atoms with van der Waals surface area (Å²) >= 11 is 0. The van der Waals surface area contributed by atoms with Gasteiger partial charge in [0, 0.05) is 26.2 Å². The van der Waals surface area contributed by atoms with Crippen LogP contribution in [-0.4, -0.2) is 87.7 Å². The first-order valence-electron chi connectivity index (χ1n) is 11.6. The summed E-state index contributed by atoms with van der Waals surface area (Å²) in [5.41, 5.74) is -0.525. The Morgan fingerprint density at radius 1 is 1.05 bits per heavy atom.